The van der Waals surface area contributed by atoms with Gasteiger partial charge in [-0.3, -0.25) is 9.52 Å². The number of hydrazine groups is 1. The Hall–Kier alpha value is -3.18. The lowest BCUT2D eigenvalue weighted by Crippen LogP contribution is -2.18. The zero-order valence-corrected chi connectivity index (χ0v) is 16.8. The van der Waals surface area contributed by atoms with Crippen LogP contribution in [-0.2, 0) is 14.8 Å². The number of hydrogen-bond donors (Lipinski definition) is 4. The van der Waals surface area contributed by atoms with Crippen LogP contribution in [0, 0.1) is 5.82 Å². The summed E-state index contributed by atoms with van der Waals surface area (Å²) >= 11 is 0. The maximum absolute atomic E-state index is 14.2. The summed E-state index contributed by atoms with van der Waals surface area (Å²) < 4.78 is 45.3. The molecule has 1 aromatic heterocycles. The number of nitrogens with zero attached hydrogens (tertiary/aromatic N) is 1. The minimum absolute atomic E-state index is 0.0826. The predicted octanol–water partition coefficient (Wildman–Crippen LogP) is 2.53. The fourth-order valence-electron chi connectivity index (χ4n) is 2.43. The van der Waals surface area contributed by atoms with E-state index in [9.17, 15) is 17.6 Å². The molecule has 2 rings (SSSR count). The molecule has 9 nitrogen and oxygen atoms in total. The molecule has 0 saturated carbocycles. The number of aromatic nitrogens is 1. The number of amides is 1. The van der Waals surface area contributed by atoms with Crippen molar-refractivity contribution in [3.05, 3.63) is 54.0 Å². The van der Waals surface area contributed by atoms with E-state index in [-0.39, 0.29) is 34.3 Å². The van der Waals surface area contributed by atoms with Crippen LogP contribution in [0.1, 0.15) is 29.3 Å². The van der Waals surface area contributed by atoms with E-state index in [0.717, 1.165) is 12.1 Å². The number of rotatable bonds is 9. The lowest BCUT2D eigenvalue weighted by molar-refractivity contribution is 0.102. The van der Waals surface area contributed by atoms with E-state index < -0.39 is 21.7 Å². The molecule has 1 heterocycles. The van der Waals surface area contributed by atoms with Gasteiger partial charge in [0.05, 0.1) is 35.9 Å². The zero-order chi connectivity index (χ0) is 21.6. The van der Waals surface area contributed by atoms with Crippen LogP contribution in [-0.4, -0.2) is 32.2 Å². The van der Waals surface area contributed by atoms with Crippen LogP contribution in [0.25, 0.3) is 5.76 Å². The van der Waals surface area contributed by atoms with Crippen LogP contribution in [0.15, 0.2) is 37.0 Å². The average molecular weight is 423 g/mol. The number of sulfonamides is 1. The molecule has 29 heavy (non-hydrogen) atoms. The number of carbonyl (C=O) groups is 1. The summed E-state index contributed by atoms with van der Waals surface area (Å²) in [6, 6.07) is 4.87. The smallest absolute Gasteiger partial charge is 0.258 e. The van der Waals surface area contributed by atoms with Crippen molar-refractivity contribution in [1.82, 2.24) is 4.98 Å². The van der Waals surface area contributed by atoms with Crippen molar-refractivity contribution in [1.29, 1.82) is 0 Å². The Kier molecular flexibility index (Phi) is 7.13. The number of hydrogen-bond acceptors (Lipinski definition) is 7. The second-order valence-electron chi connectivity index (χ2n) is 5.96. The van der Waals surface area contributed by atoms with Crippen molar-refractivity contribution in [2.24, 2.45) is 5.84 Å². The molecule has 0 fully saturated rings. The Labute approximate surface area is 168 Å². The highest BCUT2D eigenvalue weighted by molar-refractivity contribution is 7.92. The van der Waals surface area contributed by atoms with Gasteiger partial charge in [0.2, 0.25) is 10.0 Å². The van der Waals surface area contributed by atoms with Gasteiger partial charge in [-0.15, -0.1) is 0 Å². The number of pyridine rings is 1. The first-order chi connectivity index (χ1) is 13.7. The average Bonchev–Trinajstić information content (AvgIpc) is 2.68. The third-order valence-electron chi connectivity index (χ3n) is 3.79. The van der Waals surface area contributed by atoms with Gasteiger partial charge in [0.25, 0.3) is 5.91 Å². The monoisotopic (exact) mass is 423 g/mol. The summed E-state index contributed by atoms with van der Waals surface area (Å²) in [6.07, 6.45) is 1.73. The molecular weight excluding hydrogens is 401 g/mol. The molecule has 0 atom stereocenters. The van der Waals surface area contributed by atoms with Gasteiger partial charge in [0.15, 0.2) is 5.82 Å². The van der Waals surface area contributed by atoms with Crippen LogP contribution in [0.2, 0.25) is 0 Å². The van der Waals surface area contributed by atoms with E-state index in [1.165, 1.54) is 25.4 Å². The lowest BCUT2D eigenvalue weighted by Gasteiger charge is -2.13. The number of methoxy groups -OCH3 is 1. The van der Waals surface area contributed by atoms with Gasteiger partial charge in [0, 0.05) is 5.69 Å². The van der Waals surface area contributed by atoms with Crippen molar-refractivity contribution < 1.29 is 22.3 Å². The third-order valence-corrected chi connectivity index (χ3v) is 5.28. The van der Waals surface area contributed by atoms with E-state index in [1.54, 1.807) is 6.92 Å². The van der Waals surface area contributed by atoms with Gasteiger partial charge >= 0.3 is 0 Å². The van der Waals surface area contributed by atoms with E-state index in [4.69, 9.17) is 10.6 Å². The summed E-state index contributed by atoms with van der Waals surface area (Å²) in [7, 11) is -2.17. The van der Waals surface area contributed by atoms with E-state index in [2.05, 4.69) is 27.0 Å². The highest BCUT2D eigenvalue weighted by Gasteiger charge is 2.17. The van der Waals surface area contributed by atoms with Gasteiger partial charge in [-0.05, 0) is 30.7 Å². The normalized spacial score (nSPS) is 10.9. The molecule has 1 aromatic carbocycles. The summed E-state index contributed by atoms with van der Waals surface area (Å²) in [4.78, 5) is 16.6. The first kappa shape index (κ1) is 22.1. The van der Waals surface area contributed by atoms with E-state index >= 15 is 0 Å². The molecular formula is C18H22FN5O4S. The van der Waals surface area contributed by atoms with Gasteiger partial charge in [-0.1, -0.05) is 13.5 Å². The van der Waals surface area contributed by atoms with Gasteiger partial charge in [-0.2, -0.15) is 0 Å². The molecule has 0 unspecified atom stereocenters. The number of nitrogen functional groups attached to an aromatic ring is 1. The number of nitrogens with two attached hydrogens (primary N) is 1. The molecule has 0 aliphatic carbocycles. The number of benzene rings is 1. The maximum Gasteiger partial charge on any atom is 0.258 e. The highest BCUT2D eigenvalue weighted by atomic mass is 32.2. The van der Waals surface area contributed by atoms with Gasteiger partial charge in [-0.25, -0.2) is 23.6 Å². The van der Waals surface area contributed by atoms with Gasteiger partial charge in [0.1, 0.15) is 11.6 Å². The summed E-state index contributed by atoms with van der Waals surface area (Å²) in [6.45, 7) is 5.43. The van der Waals surface area contributed by atoms with Gasteiger partial charge < -0.3 is 15.5 Å². The molecule has 0 bridgehead atoms. The van der Waals surface area contributed by atoms with Crippen LogP contribution in [0.4, 0.5) is 21.6 Å². The Morgan fingerprint density at radius 3 is 2.59 bits per heavy atom. The quantitative estimate of drug-likeness (QED) is 0.276. The Morgan fingerprint density at radius 2 is 1.97 bits per heavy atom. The fraction of sp³-hybridized carbons (Fsp3) is 0.222. The molecule has 2 aromatic rings. The predicted molar refractivity (Wildman–Crippen MR) is 110 cm³/mol. The van der Waals surface area contributed by atoms with Crippen LogP contribution < -0.4 is 21.3 Å². The standard InChI is InChI=1S/C18H22FN5O4S/c1-4-7-29(26,27)24-12-5-6-16(19)15(8-12)18(25)22-13-9-14(11(2)28-3)17(23-20)21-10-13/h5-6,8-10,24H,2,4,7,20H2,1,3H3,(H,21,23)(H,22,25). The largest absolute Gasteiger partial charge is 0.497 e. The fourth-order valence-corrected chi connectivity index (χ4v) is 3.56. The lowest BCUT2D eigenvalue weighted by atomic mass is 10.1. The number of halogens is 1. The zero-order valence-electron chi connectivity index (χ0n) is 16.0. The molecule has 1 amide bonds. The second-order valence-corrected chi connectivity index (χ2v) is 7.80. The van der Waals surface area contributed by atoms with E-state index in [0.29, 0.717) is 12.0 Å². The Bertz CT molecular complexity index is 1030. The van der Waals surface area contributed by atoms with Crippen molar-refractivity contribution in [2.45, 2.75) is 13.3 Å². The summed E-state index contributed by atoms with van der Waals surface area (Å²) in [5.74, 6) is 4.22. The first-order valence-corrected chi connectivity index (χ1v) is 10.2. The maximum atomic E-state index is 14.2. The number of carbonyl (C=O) groups excluding carboxylic acids is 1. The molecule has 11 heteroatoms. The van der Waals surface area contributed by atoms with E-state index in [1.807, 2.05) is 0 Å². The van der Waals surface area contributed by atoms with Crippen LogP contribution in [0.3, 0.4) is 0 Å². The number of anilines is 3. The van der Waals surface area contributed by atoms with Crippen molar-refractivity contribution in [3.63, 3.8) is 0 Å². The second kappa shape index (κ2) is 9.34. The van der Waals surface area contributed by atoms with Crippen LogP contribution in [0.5, 0.6) is 0 Å². The third kappa shape index (κ3) is 5.65. The SMILES string of the molecule is C=C(OC)c1cc(NC(=O)c2cc(NS(=O)(=O)CCC)ccc2F)cnc1NN. The molecule has 0 aliphatic rings. The topological polar surface area (TPSA) is 135 Å². The van der Waals surface area contributed by atoms with Crippen LogP contribution >= 0.6 is 0 Å². The van der Waals surface area contributed by atoms with Crippen molar-refractivity contribution in [3.8, 4) is 0 Å². The molecule has 0 spiro atoms. The molecule has 156 valence electrons. The molecule has 0 aliphatic heterocycles. The van der Waals surface area contributed by atoms with Crippen molar-refractivity contribution >= 4 is 38.9 Å². The molecule has 0 saturated heterocycles. The molecule has 0 radical (unpaired) electrons. The minimum Gasteiger partial charge on any atom is -0.497 e. The highest BCUT2D eigenvalue weighted by Crippen LogP contribution is 2.25. The molecule has 5 N–H and O–H groups in total. The summed E-state index contributed by atoms with van der Waals surface area (Å²) in [5, 5.41) is 2.50. The van der Waals surface area contributed by atoms with Crippen molar-refractivity contribution in [2.75, 3.05) is 28.3 Å². The first-order valence-electron chi connectivity index (χ1n) is 8.52. The number of ether oxygens (including phenoxy) is 1. The number of nitrogens with one attached hydrogen (secondary N) is 3. The minimum atomic E-state index is -3.58. The Morgan fingerprint density at radius 1 is 1.28 bits per heavy atom. The summed E-state index contributed by atoms with van der Waals surface area (Å²) in [5.41, 5.74) is 2.76. The Balaban J connectivity index is 2.29.